The lowest BCUT2D eigenvalue weighted by molar-refractivity contribution is -0.134. The van der Waals surface area contributed by atoms with Crippen molar-refractivity contribution in [2.45, 2.75) is 13.0 Å². The Kier molecular flexibility index (Phi) is 4.80. The van der Waals surface area contributed by atoms with Gasteiger partial charge >= 0.3 is 0 Å². The Morgan fingerprint density at radius 1 is 1.29 bits per heavy atom. The number of nitrogens with two attached hydrogens (primary N) is 1. The Labute approximate surface area is 124 Å². The lowest BCUT2D eigenvalue weighted by Crippen LogP contribution is -2.51. The quantitative estimate of drug-likeness (QED) is 0.870. The molecule has 0 bridgehead atoms. The van der Waals surface area contributed by atoms with E-state index >= 15 is 0 Å². The van der Waals surface area contributed by atoms with E-state index in [0.29, 0.717) is 19.6 Å². The van der Waals surface area contributed by atoms with Crippen LogP contribution in [0.5, 0.6) is 5.75 Å². The largest absolute Gasteiger partial charge is 0.497 e. The van der Waals surface area contributed by atoms with E-state index in [-0.39, 0.29) is 24.4 Å². The Hall–Kier alpha value is -2.08. The third-order valence-electron chi connectivity index (χ3n) is 3.75. The van der Waals surface area contributed by atoms with Gasteiger partial charge in [0.2, 0.25) is 11.8 Å². The molecule has 1 saturated heterocycles. The zero-order chi connectivity index (χ0) is 15.4. The third-order valence-corrected chi connectivity index (χ3v) is 3.75. The lowest BCUT2D eigenvalue weighted by atomic mass is 10.0. The van der Waals surface area contributed by atoms with Crippen LogP contribution in [-0.2, 0) is 9.59 Å². The van der Waals surface area contributed by atoms with Crippen molar-refractivity contribution in [3.05, 3.63) is 29.8 Å². The Bertz CT molecular complexity index is 515. The molecule has 1 unspecified atom stereocenters. The standard InChI is InChI=1S/C15H21N3O3/c1-11(19)18-8-7-17(10-15(16)20)9-14(18)12-3-5-13(21-2)6-4-12/h3-6,14H,7-10H2,1-2H3,(H2,16,20). The van der Waals surface area contributed by atoms with Gasteiger partial charge in [-0.05, 0) is 17.7 Å². The highest BCUT2D eigenvalue weighted by molar-refractivity contribution is 5.76. The van der Waals surface area contributed by atoms with Crippen LogP contribution in [0.25, 0.3) is 0 Å². The lowest BCUT2D eigenvalue weighted by Gasteiger charge is -2.41. The fraction of sp³-hybridized carbons (Fsp3) is 0.467. The number of methoxy groups -OCH3 is 1. The fourth-order valence-corrected chi connectivity index (χ4v) is 2.69. The molecular formula is C15H21N3O3. The van der Waals surface area contributed by atoms with Crippen molar-refractivity contribution in [1.82, 2.24) is 9.80 Å². The monoisotopic (exact) mass is 291 g/mol. The molecule has 2 rings (SSSR count). The summed E-state index contributed by atoms with van der Waals surface area (Å²) in [5.74, 6) is 0.465. The Morgan fingerprint density at radius 2 is 1.95 bits per heavy atom. The molecule has 6 nitrogen and oxygen atoms in total. The van der Waals surface area contributed by atoms with Crippen molar-refractivity contribution in [2.75, 3.05) is 33.3 Å². The number of nitrogens with zero attached hydrogens (tertiary/aromatic N) is 2. The van der Waals surface area contributed by atoms with Crippen molar-refractivity contribution in [2.24, 2.45) is 5.73 Å². The summed E-state index contributed by atoms with van der Waals surface area (Å²) >= 11 is 0. The number of hydrogen-bond donors (Lipinski definition) is 1. The molecule has 1 aliphatic heterocycles. The predicted molar refractivity (Wildman–Crippen MR) is 78.8 cm³/mol. The van der Waals surface area contributed by atoms with Crippen LogP contribution in [-0.4, -0.2) is 54.9 Å². The van der Waals surface area contributed by atoms with Crippen molar-refractivity contribution in [1.29, 1.82) is 0 Å². The topological polar surface area (TPSA) is 75.9 Å². The minimum Gasteiger partial charge on any atom is -0.497 e. The first-order valence-corrected chi connectivity index (χ1v) is 6.93. The molecule has 0 radical (unpaired) electrons. The first-order chi connectivity index (χ1) is 10.0. The van der Waals surface area contributed by atoms with Gasteiger partial charge in [0.05, 0.1) is 19.7 Å². The average Bonchev–Trinajstić information content (AvgIpc) is 2.46. The van der Waals surface area contributed by atoms with Crippen molar-refractivity contribution in [3.8, 4) is 5.75 Å². The molecule has 6 heteroatoms. The van der Waals surface area contributed by atoms with Gasteiger partial charge in [-0.1, -0.05) is 12.1 Å². The number of benzene rings is 1. The summed E-state index contributed by atoms with van der Waals surface area (Å²) in [7, 11) is 1.62. The van der Waals surface area contributed by atoms with E-state index in [4.69, 9.17) is 10.5 Å². The number of piperazine rings is 1. The third kappa shape index (κ3) is 3.72. The summed E-state index contributed by atoms with van der Waals surface area (Å²) < 4.78 is 5.15. The first-order valence-electron chi connectivity index (χ1n) is 6.93. The number of ether oxygens (including phenoxy) is 1. The van der Waals surface area contributed by atoms with Crippen molar-refractivity contribution < 1.29 is 14.3 Å². The van der Waals surface area contributed by atoms with Crippen LogP contribution in [0.4, 0.5) is 0 Å². The van der Waals surface area contributed by atoms with E-state index in [1.807, 2.05) is 34.1 Å². The zero-order valence-electron chi connectivity index (χ0n) is 12.4. The van der Waals surface area contributed by atoms with Gasteiger partial charge in [-0.15, -0.1) is 0 Å². The van der Waals surface area contributed by atoms with Crippen LogP contribution in [0.3, 0.4) is 0 Å². The SMILES string of the molecule is COc1ccc(C2CN(CC(N)=O)CCN2C(C)=O)cc1. The van der Waals surface area contributed by atoms with Crippen LogP contribution < -0.4 is 10.5 Å². The molecule has 1 atom stereocenters. The van der Waals surface area contributed by atoms with Crippen LogP contribution in [0.1, 0.15) is 18.5 Å². The van der Waals surface area contributed by atoms with E-state index in [9.17, 15) is 9.59 Å². The second-order valence-corrected chi connectivity index (χ2v) is 5.20. The fourth-order valence-electron chi connectivity index (χ4n) is 2.69. The van der Waals surface area contributed by atoms with Crippen LogP contribution in [0.2, 0.25) is 0 Å². The molecular weight excluding hydrogens is 270 g/mol. The number of rotatable bonds is 4. The molecule has 1 fully saturated rings. The van der Waals surface area contributed by atoms with Gasteiger partial charge in [0.1, 0.15) is 5.75 Å². The summed E-state index contributed by atoms with van der Waals surface area (Å²) in [6.45, 7) is 3.65. The molecule has 1 heterocycles. The summed E-state index contributed by atoms with van der Waals surface area (Å²) in [6, 6.07) is 7.59. The second-order valence-electron chi connectivity index (χ2n) is 5.20. The number of hydrogen-bond acceptors (Lipinski definition) is 4. The molecule has 21 heavy (non-hydrogen) atoms. The summed E-state index contributed by atoms with van der Waals surface area (Å²) in [5, 5.41) is 0. The maximum absolute atomic E-state index is 11.8. The van der Waals surface area contributed by atoms with E-state index in [1.165, 1.54) is 0 Å². The Balaban J connectivity index is 2.20. The average molecular weight is 291 g/mol. The van der Waals surface area contributed by atoms with Gasteiger partial charge in [-0.3, -0.25) is 14.5 Å². The van der Waals surface area contributed by atoms with Crippen LogP contribution in [0.15, 0.2) is 24.3 Å². The van der Waals surface area contributed by atoms with Crippen molar-refractivity contribution >= 4 is 11.8 Å². The number of amides is 2. The minimum atomic E-state index is -0.347. The molecule has 1 aromatic carbocycles. The number of carbonyl (C=O) groups is 2. The van der Waals surface area contributed by atoms with E-state index < -0.39 is 0 Å². The van der Waals surface area contributed by atoms with Crippen molar-refractivity contribution in [3.63, 3.8) is 0 Å². The van der Waals surface area contributed by atoms with E-state index in [0.717, 1.165) is 11.3 Å². The normalized spacial score (nSPS) is 19.3. The number of carbonyl (C=O) groups excluding carboxylic acids is 2. The zero-order valence-corrected chi connectivity index (χ0v) is 12.4. The highest BCUT2D eigenvalue weighted by Crippen LogP contribution is 2.27. The molecule has 0 aromatic heterocycles. The molecule has 1 aliphatic rings. The van der Waals surface area contributed by atoms with E-state index in [2.05, 4.69) is 0 Å². The van der Waals surface area contributed by atoms with Gasteiger partial charge < -0.3 is 15.4 Å². The molecule has 2 amide bonds. The summed E-state index contributed by atoms with van der Waals surface area (Å²) in [6.07, 6.45) is 0. The molecule has 0 aliphatic carbocycles. The first kappa shape index (κ1) is 15.3. The maximum atomic E-state index is 11.8. The summed E-state index contributed by atoms with van der Waals surface area (Å²) in [5.41, 5.74) is 6.29. The Morgan fingerprint density at radius 3 is 2.48 bits per heavy atom. The molecule has 0 spiro atoms. The van der Waals surface area contributed by atoms with Gasteiger partial charge in [-0.25, -0.2) is 0 Å². The molecule has 2 N–H and O–H groups in total. The number of primary amides is 1. The van der Waals surface area contributed by atoms with Gasteiger partial charge in [0.25, 0.3) is 0 Å². The smallest absolute Gasteiger partial charge is 0.231 e. The second kappa shape index (κ2) is 6.58. The molecule has 114 valence electrons. The predicted octanol–water partition coefficient (Wildman–Crippen LogP) is 0.386. The summed E-state index contributed by atoms with van der Waals surface area (Å²) in [4.78, 5) is 26.7. The highest BCUT2D eigenvalue weighted by atomic mass is 16.5. The van der Waals surface area contributed by atoms with Crippen LogP contribution >= 0.6 is 0 Å². The van der Waals surface area contributed by atoms with Crippen LogP contribution in [0, 0.1) is 0 Å². The maximum Gasteiger partial charge on any atom is 0.231 e. The van der Waals surface area contributed by atoms with Gasteiger partial charge in [0, 0.05) is 26.6 Å². The highest BCUT2D eigenvalue weighted by Gasteiger charge is 2.30. The van der Waals surface area contributed by atoms with E-state index in [1.54, 1.807) is 14.0 Å². The van der Waals surface area contributed by atoms with Gasteiger partial charge in [0.15, 0.2) is 0 Å². The molecule has 0 saturated carbocycles. The van der Waals surface area contributed by atoms with Gasteiger partial charge in [-0.2, -0.15) is 0 Å². The molecule has 1 aromatic rings. The minimum absolute atomic E-state index is 0.0366.